The fourth-order valence-corrected chi connectivity index (χ4v) is 2.05. The maximum atomic E-state index is 12.9. The Morgan fingerprint density at radius 1 is 1.20 bits per heavy atom. The van der Waals surface area contributed by atoms with Crippen LogP contribution in [0, 0.1) is 5.82 Å². The van der Waals surface area contributed by atoms with E-state index in [1.54, 1.807) is 24.3 Å². The Kier molecular flexibility index (Phi) is 4.48. The highest BCUT2D eigenvalue weighted by Gasteiger charge is 2.09. The molecule has 0 bridgehead atoms. The number of primary amides is 1. The number of halogens is 1. The SMILES string of the molecule is C[C@H](NCc1ccccc1C(N)=O)c1ccc(F)cc1. The molecule has 0 unspecified atom stereocenters. The molecule has 1 atom stereocenters. The number of amides is 1. The van der Waals surface area contributed by atoms with Crippen LogP contribution in [0.2, 0.25) is 0 Å². The lowest BCUT2D eigenvalue weighted by molar-refractivity contribution is 0.0999. The van der Waals surface area contributed by atoms with E-state index >= 15 is 0 Å². The molecule has 2 aromatic carbocycles. The van der Waals surface area contributed by atoms with E-state index in [1.807, 2.05) is 19.1 Å². The van der Waals surface area contributed by atoms with Gasteiger partial charge in [-0.25, -0.2) is 4.39 Å². The van der Waals surface area contributed by atoms with Crippen molar-refractivity contribution in [2.75, 3.05) is 0 Å². The average Bonchev–Trinajstić information content (AvgIpc) is 2.45. The second kappa shape index (κ2) is 6.30. The Hall–Kier alpha value is -2.20. The first-order valence-corrected chi connectivity index (χ1v) is 6.44. The summed E-state index contributed by atoms with van der Waals surface area (Å²) in [6.07, 6.45) is 0. The first-order valence-electron chi connectivity index (χ1n) is 6.44. The third kappa shape index (κ3) is 3.42. The summed E-state index contributed by atoms with van der Waals surface area (Å²) in [6, 6.07) is 13.6. The predicted molar refractivity (Wildman–Crippen MR) is 76.6 cm³/mol. The minimum Gasteiger partial charge on any atom is -0.366 e. The van der Waals surface area contributed by atoms with Gasteiger partial charge in [-0.2, -0.15) is 0 Å². The molecule has 2 rings (SSSR count). The lowest BCUT2D eigenvalue weighted by atomic mass is 10.1. The number of rotatable bonds is 5. The van der Waals surface area contributed by atoms with Crippen LogP contribution in [-0.4, -0.2) is 5.91 Å². The molecule has 0 saturated heterocycles. The number of benzene rings is 2. The molecule has 3 nitrogen and oxygen atoms in total. The summed E-state index contributed by atoms with van der Waals surface area (Å²) >= 11 is 0. The maximum absolute atomic E-state index is 12.9. The molecule has 0 aliphatic heterocycles. The smallest absolute Gasteiger partial charge is 0.249 e. The van der Waals surface area contributed by atoms with Crippen LogP contribution in [0.3, 0.4) is 0 Å². The quantitative estimate of drug-likeness (QED) is 0.879. The third-order valence-electron chi connectivity index (χ3n) is 3.25. The number of nitrogens with two attached hydrogens (primary N) is 1. The number of carbonyl (C=O) groups excluding carboxylic acids is 1. The van der Waals surface area contributed by atoms with Crippen LogP contribution in [-0.2, 0) is 6.54 Å². The van der Waals surface area contributed by atoms with Gasteiger partial charge in [-0.15, -0.1) is 0 Å². The molecule has 0 heterocycles. The molecule has 4 heteroatoms. The minimum atomic E-state index is -0.433. The van der Waals surface area contributed by atoms with E-state index in [-0.39, 0.29) is 11.9 Å². The zero-order valence-electron chi connectivity index (χ0n) is 11.3. The summed E-state index contributed by atoms with van der Waals surface area (Å²) in [4.78, 5) is 11.3. The molecule has 0 radical (unpaired) electrons. The molecule has 20 heavy (non-hydrogen) atoms. The molecule has 0 aromatic heterocycles. The highest BCUT2D eigenvalue weighted by atomic mass is 19.1. The summed E-state index contributed by atoms with van der Waals surface area (Å²) in [5, 5.41) is 3.30. The summed E-state index contributed by atoms with van der Waals surface area (Å²) in [6.45, 7) is 2.51. The van der Waals surface area contributed by atoms with E-state index < -0.39 is 5.91 Å². The molecule has 104 valence electrons. The van der Waals surface area contributed by atoms with Crippen molar-refractivity contribution in [1.29, 1.82) is 0 Å². The number of hydrogen-bond donors (Lipinski definition) is 2. The number of hydrogen-bond acceptors (Lipinski definition) is 2. The van der Waals surface area contributed by atoms with Crippen LogP contribution >= 0.6 is 0 Å². The highest BCUT2D eigenvalue weighted by Crippen LogP contribution is 2.15. The van der Waals surface area contributed by atoms with Gasteiger partial charge in [0.1, 0.15) is 5.82 Å². The van der Waals surface area contributed by atoms with E-state index in [9.17, 15) is 9.18 Å². The fourth-order valence-electron chi connectivity index (χ4n) is 2.05. The van der Waals surface area contributed by atoms with Crippen molar-refractivity contribution >= 4 is 5.91 Å². The van der Waals surface area contributed by atoms with Crippen LogP contribution in [0.1, 0.15) is 34.5 Å². The van der Waals surface area contributed by atoms with Crippen molar-refractivity contribution in [2.24, 2.45) is 5.73 Å². The van der Waals surface area contributed by atoms with Crippen LogP contribution in [0.5, 0.6) is 0 Å². The monoisotopic (exact) mass is 272 g/mol. The van der Waals surface area contributed by atoms with E-state index in [4.69, 9.17) is 5.73 Å². The van der Waals surface area contributed by atoms with Gasteiger partial charge in [-0.05, 0) is 36.2 Å². The molecular weight excluding hydrogens is 255 g/mol. The third-order valence-corrected chi connectivity index (χ3v) is 3.25. The molecule has 1 amide bonds. The molecule has 3 N–H and O–H groups in total. The van der Waals surface area contributed by atoms with Crippen LogP contribution in [0.25, 0.3) is 0 Å². The minimum absolute atomic E-state index is 0.0523. The van der Waals surface area contributed by atoms with Crippen LogP contribution < -0.4 is 11.1 Å². The Labute approximate surface area is 117 Å². The Morgan fingerprint density at radius 2 is 1.85 bits per heavy atom. The molecule has 0 fully saturated rings. The molecule has 0 aliphatic carbocycles. The summed E-state index contributed by atoms with van der Waals surface area (Å²) in [5.41, 5.74) is 7.70. The first kappa shape index (κ1) is 14.2. The van der Waals surface area contributed by atoms with Gasteiger partial charge < -0.3 is 11.1 Å². The van der Waals surface area contributed by atoms with Gasteiger partial charge in [-0.1, -0.05) is 30.3 Å². The normalized spacial score (nSPS) is 12.1. The van der Waals surface area contributed by atoms with Crippen molar-refractivity contribution in [3.05, 3.63) is 71.0 Å². The molecule has 0 aliphatic rings. The van der Waals surface area contributed by atoms with Crippen LogP contribution in [0.15, 0.2) is 48.5 Å². The van der Waals surface area contributed by atoms with Gasteiger partial charge >= 0.3 is 0 Å². The molecular formula is C16H17FN2O. The standard InChI is InChI=1S/C16H17FN2O/c1-11(12-6-8-14(17)9-7-12)19-10-13-4-2-3-5-15(13)16(18)20/h2-9,11,19H,10H2,1H3,(H2,18,20)/t11-/m0/s1. The van der Waals surface area contributed by atoms with Crippen molar-refractivity contribution in [3.8, 4) is 0 Å². The van der Waals surface area contributed by atoms with Gasteiger partial charge in [0.15, 0.2) is 0 Å². The van der Waals surface area contributed by atoms with Gasteiger partial charge in [0.2, 0.25) is 5.91 Å². The average molecular weight is 272 g/mol. The second-order valence-corrected chi connectivity index (χ2v) is 4.68. The van der Waals surface area contributed by atoms with Gasteiger partial charge in [0.25, 0.3) is 0 Å². The van der Waals surface area contributed by atoms with E-state index in [0.29, 0.717) is 12.1 Å². The van der Waals surface area contributed by atoms with Crippen molar-refractivity contribution in [1.82, 2.24) is 5.32 Å². The van der Waals surface area contributed by atoms with Gasteiger partial charge in [-0.3, -0.25) is 4.79 Å². The maximum Gasteiger partial charge on any atom is 0.249 e. The topological polar surface area (TPSA) is 55.1 Å². The number of nitrogens with one attached hydrogen (secondary N) is 1. The van der Waals surface area contributed by atoms with E-state index in [2.05, 4.69) is 5.32 Å². The van der Waals surface area contributed by atoms with Crippen molar-refractivity contribution in [3.63, 3.8) is 0 Å². The second-order valence-electron chi connectivity index (χ2n) is 4.68. The largest absolute Gasteiger partial charge is 0.366 e. The fraction of sp³-hybridized carbons (Fsp3) is 0.188. The lowest BCUT2D eigenvalue weighted by Gasteiger charge is -2.15. The zero-order valence-corrected chi connectivity index (χ0v) is 11.3. The predicted octanol–water partition coefficient (Wildman–Crippen LogP) is 2.78. The molecule has 0 saturated carbocycles. The first-order chi connectivity index (χ1) is 9.58. The van der Waals surface area contributed by atoms with Crippen molar-refractivity contribution in [2.45, 2.75) is 19.5 Å². The lowest BCUT2D eigenvalue weighted by Crippen LogP contribution is -2.21. The summed E-state index contributed by atoms with van der Waals surface area (Å²) in [5.74, 6) is -0.683. The van der Waals surface area contributed by atoms with Crippen molar-refractivity contribution < 1.29 is 9.18 Å². The Morgan fingerprint density at radius 3 is 2.50 bits per heavy atom. The number of carbonyl (C=O) groups is 1. The van der Waals surface area contributed by atoms with Crippen LogP contribution in [0.4, 0.5) is 4.39 Å². The van der Waals surface area contributed by atoms with E-state index in [0.717, 1.165) is 11.1 Å². The molecule has 0 spiro atoms. The Bertz CT molecular complexity index is 596. The zero-order chi connectivity index (χ0) is 14.5. The molecule has 2 aromatic rings. The Balaban J connectivity index is 2.05. The van der Waals surface area contributed by atoms with Gasteiger partial charge in [0, 0.05) is 18.2 Å². The van der Waals surface area contributed by atoms with E-state index in [1.165, 1.54) is 12.1 Å². The summed E-state index contributed by atoms with van der Waals surface area (Å²) < 4.78 is 12.9. The highest BCUT2D eigenvalue weighted by molar-refractivity contribution is 5.94. The van der Waals surface area contributed by atoms with Gasteiger partial charge in [0.05, 0.1) is 0 Å². The summed E-state index contributed by atoms with van der Waals surface area (Å²) in [7, 11) is 0.